The number of anilines is 1. The monoisotopic (exact) mass is 236 g/mol. The zero-order valence-corrected chi connectivity index (χ0v) is 9.72. The van der Waals surface area contributed by atoms with Crippen LogP contribution in [0.3, 0.4) is 0 Å². The summed E-state index contributed by atoms with van der Waals surface area (Å²) in [5, 5.41) is 3.08. The van der Waals surface area contributed by atoms with E-state index in [0.717, 1.165) is 0 Å². The SMILES string of the molecule is COC(=O)c1cncc(NCC(N)C2CC2)n1. The molecule has 6 nitrogen and oxygen atoms in total. The van der Waals surface area contributed by atoms with Crippen molar-refractivity contribution in [3.05, 3.63) is 18.1 Å². The van der Waals surface area contributed by atoms with Crippen LogP contribution >= 0.6 is 0 Å². The Morgan fingerprint density at radius 1 is 1.65 bits per heavy atom. The second-order valence-corrected chi connectivity index (χ2v) is 4.16. The lowest BCUT2D eigenvalue weighted by molar-refractivity contribution is 0.0593. The Morgan fingerprint density at radius 2 is 2.41 bits per heavy atom. The molecular formula is C11H16N4O2. The highest BCUT2D eigenvalue weighted by atomic mass is 16.5. The second kappa shape index (κ2) is 5.09. The van der Waals surface area contributed by atoms with Gasteiger partial charge >= 0.3 is 5.97 Å². The van der Waals surface area contributed by atoms with Gasteiger partial charge in [0.1, 0.15) is 5.82 Å². The highest BCUT2D eigenvalue weighted by Crippen LogP contribution is 2.31. The lowest BCUT2D eigenvalue weighted by atomic mass is 10.2. The average molecular weight is 236 g/mol. The van der Waals surface area contributed by atoms with Gasteiger partial charge in [0.05, 0.1) is 19.5 Å². The van der Waals surface area contributed by atoms with Crippen molar-refractivity contribution in [2.24, 2.45) is 11.7 Å². The minimum absolute atomic E-state index is 0.138. The second-order valence-electron chi connectivity index (χ2n) is 4.16. The molecule has 1 aliphatic carbocycles. The van der Waals surface area contributed by atoms with E-state index in [9.17, 15) is 4.79 Å². The third-order valence-corrected chi connectivity index (χ3v) is 2.78. The number of carbonyl (C=O) groups is 1. The first-order chi connectivity index (χ1) is 8.20. The number of hydrogen-bond donors (Lipinski definition) is 2. The average Bonchev–Trinajstić information content (AvgIpc) is 3.19. The van der Waals surface area contributed by atoms with Gasteiger partial charge in [0.2, 0.25) is 0 Å². The topological polar surface area (TPSA) is 90.1 Å². The number of rotatable bonds is 5. The third kappa shape index (κ3) is 3.13. The predicted octanol–water partition coefficient (Wildman–Crippen LogP) is 0.412. The van der Waals surface area contributed by atoms with E-state index in [1.54, 1.807) is 6.20 Å². The van der Waals surface area contributed by atoms with E-state index in [-0.39, 0.29) is 11.7 Å². The van der Waals surface area contributed by atoms with E-state index in [1.165, 1.54) is 26.1 Å². The van der Waals surface area contributed by atoms with Gasteiger partial charge in [0.15, 0.2) is 5.69 Å². The molecule has 6 heteroatoms. The van der Waals surface area contributed by atoms with Crippen molar-refractivity contribution in [2.45, 2.75) is 18.9 Å². The van der Waals surface area contributed by atoms with Crippen LogP contribution in [0, 0.1) is 5.92 Å². The Balaban J connectivity index is 1.93. The molecule has 0 spiro atoms. The fourth-order valence-corrected chi connectivity index (χ4v) is 1.57. The number of hydrogen-bond acceptors (Lipinski definition) is 6. The summed E-state index contributed by atoms with van der Waals surface area (Å²) in [5.41, 5.74) is 6.14. The van der Waals surface area contributed by atoms with Crippen molar-refractivity contribution >= 4 is 11.8 Å². The van der Waals surface area contributed by atoms with E-state index in [4.69, 9.17) is 5.73 Å². The molecule has 92 valence electrons. The standard InChI is InChI=1S/C11H16N4O2/c1-17-11(16)9-5-13-6-10(15-9)14-4-8(12)7-2-3-7/h5-8H,2-4,12H2,1H3,(H,14,15). The number of esters is 1. The summed E-state index contributed by atoms with van der Waals surface area (Å²) in [6, 6.07) is 0.138. The van der Waals surface area contributed by atoms with Crippen LogP contribution < -0.4 is 11.1 Å². The number of nitrogens with zero attached hydrogens (tertiary/aromatic N) is 2. The van der Waals surface area contributed by atoms with Crippen LogP contribution in [0.5, 0.6) is 0 Å². The van der Waals surface area contributed by atoms with Gasteiger partial charge in [-0.2, -0.15) is 0 Å². The fraction of sp³-hybridized carbons (Fsp3) is 0.545. The molecule has 0 saturated heterocycles. The van der Waals surface area contributed by atoms with Crippen molar-refractivity contribution in [3.63, 3.8) is 0 Å². The van der Waals surface area contributed by atoms with Gasteiger partial charge in [0.25, 0.3) is 0 Å². The highest BCUT2D eigenvalue weighted by molar-refractivity contribution is 5.87. The van der Waals surface area contributed by atoms with Gasteiger partial charge in [-0.25, -0.2) is 9.78 Å². The Hall–Kier alpha value is -1.69. The first-order valence-electron chi connectivity index (χ1n) is 5.60. The molecule has 3 N–H and O–H groups in total. The van der Waals surface area contributed by atoms with Crippen molar-refractivity contribution in [2.75, 3.05) is 19.0 Å². The van der Waals surface area contributed by atoms with Crippen molar-refractivity contribution < 1.29 is 9.53 Å². The maximum absolute atomic E-state index is 11.2. The molecule has 1 aliphatic rings. The first-order valence-corrected chi connectivity index (χ1v) is 5.60. The summed E-state index contributed by atoms with van der Waals surface area (Å²) in [4.78, 5) is 19.3. The smallest absolute Gasteiger partial charge is 0.358 e. The molecule has 0 aromatic carbocycles. The van der Waals surface area contributed by atoms with Crippen LogP contribution in [0.2, 0.25) is 0 Å². The first kappa shape index (κ1) is 11.8. The molecular weight excluding hydrogens is 220 g/mol. The van der Waals surface area contributed by atoms with Crippen LogP contribution in [-0.4, -0.2) is 35.6 Å². The van der Waals surface area contributed by atoms with E-state index >= 15 is 0 Å². The Bertz CT molecular complexity index is 406. The van der Waals surface area contributed by atoms with Crippen LogP contribution in [0.25, 0.3) is 0 Å². The number of ether oxygens (including phenoxy) is 1. The quantitative estimate of drug-likeness (QED) is 0.720. The molecule has 1 fully saturated rings. The third-order valence-electron chi connectivity index (χ3n) is 2.78. The maximum atomic E-state index is 11.2. The number of aromatic nitrogens is 2. The van der Waals surface area contributed by atoms with E-state index in [0.29, 0.717) is 18.3 Å². The largest absolute Gasteiger partial charge is 0.464 e. The molecule has 17 heavy (non-hydrogen) atoms. The predicted molar refractivity (Wildman–Crippen MR) is 62.6 cm³/mol. The summed E-state index contributed by atoms with van der Waals surface area (Å²) < 4.78 is 4.57. The fourth-order valence-electron chi connectivity index (χ4n) is 1.57. The Kier molecular flexibility index (Phi) is 3.53. The van der Waals surface area contributed by atoms with Gasteiger partial charge in [-0.05, 0) is 18.8 Å². The molecule has 1 heterocycles. The van der Waals surface area contributed by atoms with Crippen molar-refractivity contribution in [3.8, 4) is 0 Å². The molecule has 1 aromatic heterocycles. The summed E-state index contributed by atoms with van der Waals surface area (Å²) >= 11 is 0. The van der Waals surface area contributed by atoms with Crippen LogP contribution in [0.1, 0.15) is 23.3 Å². The van der Waals surface area contributed by atoms with Gasteiger partial charge in [-0.3, -0.25) is 4.98 Å². The zero-order chi connectivity index (χ0) is 12.3. The highest BCUT2D eigenvalue weighted by Gasteiger charge is 2.28. The molecule has 2 rings (SSSR count). The lowest BCUT2D eigenvalue weighted by Gasteiger charge is -2.11. The van der Waals surface area contributed by atoms with Crippen LogP contribution in [-0.2, 0) is 4.74 Å². The summed E-state index contributed by atoms with van der Waals surface area (Å²) in [7, 11) is 1.31. The van der Waals surface area contributed by atoms with Gasteiger partial charge in [-0.15, -0.1) is 0 Å². The zero-order valence-electron chi connectivity index (χ0n) is 9.72. The molecule has 1 unspecified atom stereocenters. The Labute approximate surface area is 99.6 Å². The summed E-state index contributed by atoms with van der Waals surface area (Å²) in [5.74, 6) is 0.677. The van der Waals surface area contributed by atoms with E-state index in [1.807, 2.05) is 0 Å². The molecule has 0 radical (unpaired) electrons. The van der Waals surface area contributed by atoms with Gasteiger partial charge < -0.3 is 15.8 Å². The van der Waals surface area contributed by atoms with Crippen molar-refractivity contribution in [1.82, 2.24) is 9.97 Å². The van der Waals surface area contributed by atoms with E-state index < -0.39 is 5.97 Å². The summed E-state index contributed by atoms with van der Waals surface area (Å²) in [6.45, 7) is 0.643. The summed E-state index contributed by atoms with van der Waals surface area (Å²) in [6.07, 6.45) is 5.34. The van der Waals surface area contributed by atoms with Crippen molar-refractivity contribution in [1.29, 1.82) is 0 Å². The minimum atomic E-state index is -0.493. The molecule has 1 atom stereocenters. The van der Waals surface area contributed by atoms with Crippen LogP contribution in [0.4, 0.5) is 5.82 Å². The molecule has 1 saturated carbocycles. The molecule has 0 amide bonds. The lowest BCUT2D eigenvalue weighted by Crippen LogP contribution is -2.31. The Morgan fingerprint density at radius 3 is 3.06 bits per heavy atom. The minimum Gasteiger partial charge on any atom is -0.464 e. The van der Waals surface area contributed by atoms with Gasteiger partial charge in [-0.1, -0.05) is 0 Å². The van der Waals surface area contributed by atoms with Gasteiger partial charge in [0, 0.05) is 12.6 Å². The maximum Gasteiger partial charge on any atom is 0.358 e. The normalized spacial score (nSPS) is 16.4. The number of nitrogens with one attached hydrogen (secondary N) is 1. The number of nitrogens with two attached hydrogens (primary N) is 1. The number of methoxy groups -OCH3 is 1. The number of carbonyl (C=O) groups excluding carboxylic acids is 1. The van der Waals surface area contributed by atoms with Crippen LogP contribution in [0.15, 0.2) is 12.4 Å². The van der Waals surface area contributed by atoms with E-state index in [2.05, 4.69) is 20.0 Å². The molecule has 0 aliphatic heterocycles. The molecule has 0 bridgehead atoms. The molecule has 1 aromatic rings.